The predicted molar refractivity (Wildman–Crippen MR) is 80.0 cm³/mol. The molecule has 114 valence electrons. The lowest BCUT2D eigenvalue weighted by Gasteiger charge is -2.31. The van der Waals surface area contributed by atoms with Crippen molar-refractivity contribution in [1.82, 2.24) is 5.32 Å². The Labute approximate surface area is 121 Å². The van der Waals surface area contributed by atoms with Gasteiger partial charge in [-0.1, -0.05) is 33.8 Å². The van der Waals surface area contributed by atoms with Crippen LogP contribution in [-0.4, -0.2) is 26.8 Å². The topological polar surface area (TPSA) is 46.2 Å². The second-order valence-electron chi connectivity index (χ2n) is 6.11. The van der Waals surface area contributed by atoms with Gasteiger partial charge in [0, 0.05) is 6.04 Å². The van der Waals surface area contributed by atoms with Gasteiger partial charge in [-0.15, -0.1) is 0 Å². The molecule has 5 heteroatoms. The van der Waals surface area contributed by atoms with Crippen molar-refractivity contribution in [2.75, 3.05) is 12.3 Å². The van der Waals surface area contributed by atoms with Gasteiger partial charge in [-0.3, -0.25) is 0 Å². The van der Waals surface area contributed by atoms with Gasteiger partial charge in [0.1, 0.15) is 5.82 Å². The van der Waals surface area contributed by atoms with Crippen LogP contribution >= 0.6 is 0 Å². The van der Waals surface area contributed by atoms with Crippen LogP contribution < -0.4 is 5.32 Å². The van der Waals surface area contributed by atoms with Crippen LogP contribution in [-0.2, 0) is 9.84 Å². The summed E-state index contributed by atoms with van der Waals surface area (Å²) >= 11 is 0. The molecular formula is C15H24FNO2S. The Balaban J connectivity index is 2.97. The monoisotopic (exact) mass is 301 g/mol. The summed E-state index contributed by atoms with van der Waals surface area (Å²) in [5.41, 5.74) is -0.185. The van der Waals surface area contributed by atoms with Crippen molar-refractivity contribution < 1.29 is 12.8 Å². The van der Waals surface area contributed by atoms with Gasteiger partial charge in [0.15, 0.2) is 9.84 Å². The van der Waals surface area contributed by atoms with Crippen molar-refractivity contribution >= 4 is 9.84 Å². The fraction of sp³-hybridized carbons (Fsp3) is 0.600. The zero-order valence-corrected chi connectivity index (χ0v) is 13.4. The van der Waals surface area contributed by atoms with Crippen molar-refractivity contribution in [3.63, 3.8) is 0 Å². The molecule has 1 aromatic rings. The highest BCUT2D eigenvalue weighted by Gasteiger charge is 2.30. The van der Waals surface area contributed by atoms with Gasteiger partial charge >= 0.3 is 0 Å². The maximum absolute atomic E-state index is 13.2. The summed E-state index contributed by atoms with van der Waals surface area (Å²) in [4.78, 5) is 0.0463. The summed E-state index contributed by atoms with van der Waals surface area (Å²) in [6, 6.07) is 5.02. The van der Waals surface area contributed by atoms with E-state index in [0.29, 0.717) is 0 Å². The van der Waals surface area contributed by atoms with Gasteiger partial charge in [-0.05, 0) is 36.6 Å². The minimum Gasteiger partial charge on any atom is -0.312 e. The number of halogens is 1. The van der Waals surface area contributed by atoms with Crippen molar-refractivity contribution in [1.29, 1.82) is 0 Å². The van der Waals surface area contributed by atoms with Gasteiger partial charge in [0.25, 0.3) is 0 Å². The molecule has 0 aliphatic rings. The van der Waals surface area contributed by atoms with E-state index in [2.05, 4.69) is 5.32 Å². The van der Waals surface area contributed by atoms with Crippen molar-refractivity contribution in [3.8, 4) is 0 Å². The summed E-state index contributed by atoms with van der Waals surface area (Å²) in [6.45, 7) is 8.80. The molecule has 1 rings (SSSR count). The fourth-order valence-electron chi connectivity index (χ4n) is 1.91. The number of sulfone groups is 1. The third-order valence-corrected chi connectivity index (χ3v) is 4.97. The summed E-state index contributed by atoms with van der Waals surface area (Å²) in [5.74, 6) is -0.556. The minimum atomic E-state index is -3.50. The quantitative estimate of drug-likeness (QED) is 0.878. The Bertz CT molecular complexity index is 535. The first-order valence-electron chi connectivity index (χ1n) is 6.88. The molecule has 0 saturated heterocycles. The van der Waals surface area contributed by atoms with E-state index in [9.17, 15) is 12.8 Å². The molecule has 0 bridgehead atoms. The molecule has 20 heavy (non-hydrogen) atoms. The zero-order valence-electron chi connectivity index (χ0n) is 12.6. The van der Waals surface area contributed by atoms with E-state index in [1.54, 1.807) is 0 Å². The average Bonchev–Trinajstić information content (AvgIpc) is 2.33. The molecule has 0 fully saturated rings. The van der Waals surface area contributed by atoms with Crippen LogP contribution in [0.15, 0.2) is 29.2 Å². The fourth-order valence-corrected chi connectivity index (χ4v) is 3.74. The van der Waals surface area contributed by atoms with Crippen molar-refractivity contribution in [3.05, 3.63) is 30.1 Å². The number of hydrogen-bond acceptors (Lipinski definition) is 3. The Morgan fingerprint density at radius 2 is 1.95 bits per heavy atom. The third kappa shape index (κ3) is 4.87. The number of hydrogen-bond donors (Lipinski definition) is 1. The second-order valence-corrected chi connectivity index (χ2v) is 8.15. The van der Waals surface area contributed by atoms with E-state index in [4.69, 9.17) is 0 Å². The molecule has 1 aromatic carbocycles. The molecule has 0 saturated carbocycles. The highest BCUT2D eigenvalue weighted by molar-refractivity contribution is 7.91. The van der Waals surface area contributed by atoms with E-state index >= 15 is 0 Å². The predicted octanol–water partition coefficient (Wildman–Crippen LogP) is 3.01. The molecular weight excluding hydrogens is 277 g/mol. The summed E-state index contributed by atoms with van der Waals surface area (Å²) in [5, 5.41) is 3.28. The minimum absolute atomic E-state index is 0.0278. The highest BCUT2D eigenvalue weighted by atomic mass is 32.2. The van der Waals surface area contributed by atoms with Gasteiger partial charge in [-0.25, -0.2) is 12.8 Å². The molecule has 0 radical (unpaired) electrons. The van der Waals surface area contributed by atoms with Gasteiger partial charge in [-0.2, -0.15) is 0 Å². The van der Waals surface area contributed by atoms with Crippen LogP contribution in [0, 0.1) is 11.2 Å². The first-order chi connectivity index (χ1) is 9.16. The number of nitrogens with one attached hydrogen (secondary N) is 1. The third-order valence-electron chi connectivity index (χ3n) is 3.23. The average molecular weight is 301 g/mol. The van der Waals surface area contributed by atoms with E-state index in [1.807, 2.05) is 27.7 Å². The molecule has 1 N–H and O–H groups in total. The maximum atomic E-state index is 13.2. The van der Waals surface area contributed by atoms with Crippen molar-refractivity contribution in [2.24, 2.45) is 5.41 Å². The van der Waals surface area contributed by atoms with Crippen LogP contribution in [0.3, 0.4) is 0 Å². The molecule has 0 heterocycles. The molecule has 0 aromatic heterocycles. The van der Waals surface area contributed by atoms with E-state index in [0.717, 1.165) is 19.0 Å². The van der Waals surface area contributed by atoms with Crippen LogP contribution in [0.5, 0.6) is 0 Å². The lowest BCUT2D eigenvalue weighted by molar-refractivity contribution is 0.288. The maximum Gasteiger partial charge on any atom is 0.180 e. The molecule has 0 aliphatic carbocycles. The summed E-state index contributed by atoms with van der Waals surface area (Å²) < 4.78 is 38.0. The smallest absolute Gasteiger partial charge is 0.180 e. The first-order valence-corrected chi connectivity index (χ1v) is 8.54. The molecule has 3 nitrogen and oxygen atoms in total. The second kappa shape index (κ2) is 6.68. The zero-order chi connectivity index (χ0) is 15.4. The molecule has 1 unspecified atom stereocenters. The van der Waals surface area contributed by atoms with Crippen molar-refractivity contribution in [2.45, 2.75) is 45.1 Å². The van der Waals surface area contributed by atoms with Crippen LogP contribution in [0.4, 0.5) is 4.39 Å². The highest BCUT2D eigenvalue weighted by Crippen LogP contribution is 2.23. The molecule has 0 spiro atoms. The SMILES string of the molecule is CCCNC(CS(=O)(=O)c1cccc(F)c1)C(C)(C)C. The largest absolute Gasteiger partial charge is 0.312 e. The van der Waals surface area contributed by atoms with E-state index in [1.165, 1.54) is 18.2 Å². The van der Waals surface area contributed by atoms with Gasteiger partial charge in [0.2, 0.25) is 0 Å². The van der Waals surface area contributed by atoms with Crippen LogP contribution in [0.1, 0.15) is 34.1 Å². The Kier molecular flexibility index (Phi) is 5.71. The Morgan fingerprint density at radius 1 is 1.30 bits per heavy atom. The number of benzene rings is 1. The lowest BCUT2D eigenvalue weighted by atomic mass is 9.88. The normalized spacial score (nSPS) is 14.2. The Hall–Kier alpha value is -0.940. The van der Waals surface area contributed by atoms with E-state index in [-0.39, 0.29) is 22.1 Å². The summed E-state index contributed by atoms with van der Waals surface area (Å²) in [6.07, 6.45) is 0.937. The first kappa shape index (κ1) is 17.1. The Morgan fingerprint density at radius 3 is 2.45 bits per heavy atom. The molecule has 0 aliphatic heterocycles. The van der Waals surface area contributed by atoms with E-state index < -0.39 is 15.7 Å². The standard InChI is InChI=1S/C15H24FNO2S/c1-5-9-17-14(15(2,3)4)11-20(18,19)13-8-6-7-12(16)10-13/h6-8,10,14,17H,5,9,11H2,1-4H3. The van der Waals surface area contributed by atoms with Gasteiger partial charge in [0.05, 0.1) is 10.6 Å². The lowest BCUT2D eigenvalue weighted by Crippen LogP contribution is -2.45. The number of rotatable bonds is 6. The summed E-state index contributed by atoms with van der Waals surface area (Å²) in [7, 11) is -3.50. The molecule has 0 amide bonds. The van der Waals surface area contributed by atoms with Crippen LogP contribution in [0.25, 0.3) is 0 Å². The molecule has 1 atom stereocenters. The van der Waals surface area contributed by atoms with Gasteiger partial charge < -0.3 is 5.32 Å². The van der Waals surface area contributed by atoms with Crippen LogP contribution in [0.2, 0.25) is 0 Å².